The minimum Gasteiger partial charge on any atom is -0.446 e. The highest BCUT2D eigenvalue weighted by Crippen LogP contribution is 2.22. The van der Waals surface area contributed by atoms with E-state index in [9.17, 15) is 4.79 Å². The molecule has 0 radical (unpaired) electrons. The average molecular weight is 243 g/mol. The predicted octanol–water partition coefficient (Wildman–Crippen LogP) is 4.12. The van der Waals surface area contributed by atoms with E-state index in [1.807, 2.05) is 20.8 Å². The first-order valence-electron chi connectivity index (χ1n) is 6.87. The van der Waals surface area contributed by atoms with Crippen LogP contribution in [0.5, 0.6) is 0 Å². The van der Waals surface area contributed by atoms with Crippen LogP contribution in [0.15, 0.2) is 0 Å². The van der Waals surface area contributed by atoms with Gasteiger partial charge < -0.3 is 10.1 Å². The summed E-state index contributed by atoms with van der Waals surface area (Å²) in [4.78, 5) is 11.5. The van der Waals surface area contributed by atoms with Crippen LogP contribution in [0.3, 0.4) is 0 Å². The highest BCUT2D eigenvalue weighted by molar-refractivity contribution is 5.67. The monoisotopic (exact) mass is 243 g/mol. The van der Waals surface area contributed by atoms with Crippen molar-refractivity contribution in [3.63, 3.8) is 0 Å². The maximum Gasteiger partial charge on any atom is 0.407 e. The topological polar surface area (TPSA) is 38.3 Å². The molecule has 102 valence electrons. The quantitative estimate of drug-likeness (QED) is 0.792. The predicted molar refractivity (Wildman–Crippen MR) is 72.1 cm³/mol. The molecule has 0 saturated heterocycles. The first-order chi connectivity index (χ1) is 7.89. The molecule has 1 N–H and O–H groups in total. The van der Waals surface area contributed by atoms with E-state index >= 15 is 0 Å². The van der Waals surface area contributed by atoms with Gasteiger partial charge in [-0.2, -0.15) is 0 Å². The fraction of sp³-hybridized carbons (Fsp3) is 0.929. The molecule has 1 saturated carbocycles. The van der Waals surface area contributed by atoms with Gasteiger partial charge >= 0.3 is 6.09 Å². The second kappa shape index (κ2) is 7.57. The Morgan fingerprint density at radius 2 is 1.71 bits per heavy atom. The van der Waals surface area contributed by atoms with E-state index in [-0.39, 0.29) is 23.7 Å². The third-order valence-electron chi connectivity index (χ3n) is 3.21. The number of carbonyl (C=O) groups is 1. The van der Waals surface area contributed by atoms with Crippen LogP contribution in [-0.2, 0) is 4.74 Å². The summed E-state index contributed by atoms with van der Waals surface area (Å²) in [5, 5.41) is 2.89. The lowest BCUT2D eigenvalue weighted by molar-refractivity contribution is 0.0927. The third kappa shape index (κ3) is 6.54. The largest absolute Gasteiger partial charge is 0.446 e. The molecular formula is C14H29NO2. The first-order valence-corrected chi connectivity index (χ1v) is 6.87. The molecule has 1 atom stereocenters. The smallest absolute Gasteiger partial charge is 0.407 e. The van der Waals surface area contributed by atoms with Crippen LogP contribution < -0.4 is 5.32 Å². The maximum atomic E-state index is 11.5. The summed E-state index contributed by atoms with van der Waals surface area (Å²) >= 11 is 0. The zero-order valence-electron chi connectivity index (χ0n) is 12.3. The van der Waals surface area contributed by atoms with Crippen LogP contribution in [0.4, 0.5) is 4.79 Å². The number of hydrogen-bond acceptors (Lipinski definition) is 2. The Bertz CT molecular complexity index is 215. The Morgan fingerprint density at radius 3 is 2.12 bits per heavy atom. The number of ether oxygens (including phenoxy) is 1. The van der Waals surface area contributed by atoms with Gasteiger partial charge in [-0.25, -0.2) is 4.79 Å². The number of alkyl carbamates (subject to hydrolysis) is 1. The Morgan fingerprint density at radius 1 is 1.24 bits per heavy atom. The minimum absolute atomic E-state index is 0.0781. The van der Waals surface area contributed by atoms with Gasteiger partial charge in [0.1, 0.15) is 6.10 Å². The molecule has 0 heterocycles. The second-order valence-corrected chi connectivity index (χ2v) is 5.54. The Balaban J connectivity index is 0.00000121. The van der Waals surface area contributed by atoms with Gasteiger partial charge in [0.15, 0.2) is 0 Å². The number of rotatable bonds is 2. The van der Waals surface area contributed by atoms with Crippen molar-refractivity contribution >= 4 is 6.09 Å². The summed E-state index contributed by atoms with van der Waals surface area (Å²) in [6.07, 6.45) is 4.32. The molecule has 1 amide bonds. The molecule has 1 aliphatic carbocycles. The summed E-state index contributed by atoms with van der Waals surface area (Å²) in [7, 11) is 0. The van der Waals surface area contributed by atoms with E-state index in [2.05, 4.69) is 26.1 Å². The van der Waals surface area contributed by atoms with E-state index in [0.29, 0.717) is 0 Å². The van der Waals surface area contributed by atoms with Crippen molar-refractivity contribution in [1.82, 2.24) is 5.32 Å². The number of amides is 1. The van der Waals surface area contributed by atoms with Crippen LogP contribution in [0.25, 0.3) is 0 Å². The van der Waals surface area contributed by atoms with Gasteiger partial charge in [0.25, 0.3) is 0 Å². The molecule has 0 aromatic rings. The first kappa shape index (κ1) is 16.3. The molecule has 1 aliphatic rings. The molecule has 17 heavy (non-hydrogen) atoms. The van der Waals surface area contributed by atoms with Gasteiger partial charge in [0.05, 0.1) is 0 Å². The van der Waals surface area contributed by atoms with Crippen molar-refractivity contribution in [1.29, 1.82) is 0 Å². The number of nitrogens with one attached hydrogen (secondary N) is 1. The fourth-order valence-corrected chi connectivity index (χ4v) is 1.58. The third-order valence-corrected chi connectivity index (χ3v) is 3.21. The number of carbonyl (C=O) groups excluding carboxylic acids is 1. The van der Waals surface area contributed by atoms with E-state index < -0.39 is 0 Å². The summed E-state index contributed by atoms with van der Waals surface area (Å²) < 4.78 is 5.33. The van der Waals surface area contributed by atoms with Crippen LogP contribution in [0.2, 0.25) is 0 Å². The van der Waals surface area contributed by atoms with Crippen LogP contribution >= 0.6 is 0 Å². The Labute approximate surface area is 106 Å². The average Bonchev–Trinajstić information content (AvgIpc) is 2.71. The van der Waals surface area contributed by atoms with Crippen molar-refractivity contribution in [2.45, 2.75) is 79.4 Å². The fourth-order valence-electron chi connectivity index (χ4n) is 1.58. The molecule has 3 nitrogen and oxygen atoms in total. The summed E-state index contributed by atoms with van der Waals surface area (Å²) in [5.41, 5.74) is 0.0781. The lowest BCUT2D eigenvalue weighted by atomic mass is 9.88. The van der Waals surface area contributed by atoms with Crippen molar-refractivity contribution in [2.24, 2.45) is 5.41 Å². The number of hydrogen-bond donors (Lipinski definition) is 1. The van der Waals surface area contributed by atoms with Crippen LogP contribution in [0, 0.1) is 5.41 Å². The standard InChI is InChI=1S/C12H23NO2.C2H6/c1-9(12(2,3)4)13-11(14)15-10-7-5-6-8-10;1-2/h9-10H,5-8H2,1-4H3,(H,13,14);1-2H3. The normalized spacial score (nSPS) is 18.0. The minimum atomic E-state index is -0.260. The van der Waals surface area contributed by atoms with E-state index in [1.165, 1.54) is 12.8 Å². The second-order valence-electron chi connectivity index (χ2n) is 5.54. The van der Waals surface area contributed by atoms with Crippen molar-refractivity contribution in [3.05, 3.63) is 0 Å². The van der Waals surface area contributed by atoms with Gasteiger partial charge in [-0.3, -0.25) is 0 Å². The SMILES string of the molecule is CC.CC(NC(=O)OC1CCCC1)C(C)(C)C. The van der Waals surface area contributed by atoms with Crippen molar-refractivity contribution in [2.75, 3.05) is 0 Å². The summed E-state index contributed by atoms with van der Waals surface area (Å²) in [6, 6.07) is 0.131. The van der Waals surface area contributed by atoms with Gasteiger partial charge in [-0.15, -0.1) is 0 Å². The zero-order valence-corrected chi connectivity index (χ0v) is 12.3. The molecule has 1 rings (SSSR count). The molecule has 0 aromatic heterocycles. The van der Waals surface area contributed by atoms with Crippen molar-refractivity contribution in [3.8, 4) is 0 Å². The lowest BCUT2D eigenvalue weighted by Gasteiger charge is -2.28. The molecule has 0 aliphatic heterocycles. The molecular weight excluding hydrogens is 214 g/mol. The Kier molecular flexibility index (Phi) is 7.24. The van der Waals surface area contributed by atoms with E-state index in [0.717, 1.165) is 12.8 Å². The Hall–Kier alpha value is -0.730. The maximum absolute atomic E-state index is 11.5. The molecule has 1 unspecified atom stereocenters. The summed E-state index contributed by atoms with van der Waals surface area (Å²) in [6.45, 7) is 12.3. The van der Waals surface area contributed by atoms with Crippen LogP contribution in [-0.4, -0.2) is 18.2 Å². The van der Waals surface area contributed by atoms with Crippen molar-refractivity contribution < 1.29 is 9.53 Å². The highest BCUT2D eigenvalue weighted by atomic mass is 16.6. The van der Waals surface area contributed by atoms with Gasteiger partial charge in [0.2, 0.25) is 0 Å². The lowest BCUT2D eigenvalue weighted by Crippen LogP contribution is -2.42. The zero-order chi connectivity index (χ0) is 13.5. The van der Waals surface area contributed by atoms with E-state index in [1.54, 1.807) is 0 Å². The van der Waals surface area contributed by atoms with Crippen LogP contribution in [0.1, 0.15) is 67.2 Å². The summed E-state index contributed by atoms with van der Waals surface area (Å²) in [5.74, 6) is 0. The van der Waals surface area contributed by atoms with Gasteiger partial charge in [0, 0.05) is 6.04 Å². The molecule has 0 spiro atoms. The molecule has 0 bridgehead atoms. The van der Waals surface area contributed by atoms with E-state index in [4.69, 9.17) is 4.74 Å². The highest BCUT2D eigenvalue weighted by Gasteiger charge is 2.24. The molecule has 3 heteroatoms. The van der Waals surface area contributed by atoms with Gasteiger partial charge in [-0.1, -0.05) is 34.6 Å². The van der Waals surface area contributed by atoms with Gasteiger partial charge in [-0.05, 0) is 38.0 Å². The molecule has 0 aromatic carbocycles. The molecule has 1 fully saturated rings.